The van der Waals surface area contributed by atoms with Crippen LogP contribution in [0.2, 0.25) is 0 Å². The minimum atomic E-state index is -6.65. The predicted octanol–water partition coefficient (Wildman–Crippen LogP) is 7.36. The van der Waals surface area contributed by atoms with Crippen LogP contribution in [-0.2, 0) is 14.9 Å². The molecule has 1 saturated heterocycles. The van der Waals surface area contributed by atoms with E-state index >= 15 is 13.2 Å². The van der Waals surface area contributed by atoms with Crippen molar-refractivity contribution in [3.8, 4) is 28.2 Å². The van der Waals surface area contributed by atoms with Gasteiger partial charge in [0.15, 0.2) is 11.6 Å². The molecule has 0 unspecified atom stereocenters. The number of hydrogen-bond acceptors (Lipinski definition) is 7. The summed E-state index contributed by atoms with van der Waals surface area (Å²) >= 11 is 0. The van der Waals surface area contributed by atoms with Crippen molar-refractivity contribution in [3.63, 3.8) is 0 Å². The van der Waals surface area contributed by atoms with Gasteiger partial charge >= 0.3 is 269 Å². The van der Waals surface area contributed by atoms with Crippen LogP contribution >= 0.6 is 7.26 Å². The summed E-state index contributed by atoms with van der Waals surface area (Å²) < 4.78 is 134. The number of hydrogen-bond donors (Lipinski definition) is 0. The summed E-state index contributed by atoms with van der Waals surface area (Å²) in [5, 5.41) is 2.35. The Labute approximate surface area is 354 Å². The zero-order chi connectivity index (χ0) is 44.8. The summed E-state index contributed by atoms with van der Waals surface area (Å²) in [6.07, 6.45) is 0.168. The summed E-state index contributed by atoms with van der Waals surface area (Å²) in [6, 6.07) is 35.7. The van der Waals surface area contributed by atoms with Crippen LogP contribution in [0, 0.1) is 23.3 Å². The normalized spacial score (nSPS) is 14.0. The van der Waals surface area contributed by atoms with Crippen molar-refractivity contribution in [2.75, 3.05) is 32.3 Å². The molecule has 2 heterocycles. The van der Waals surface area contributed by atoms with Gasteiger partial charge in [-0.15, -0.1) is 0 Å². The average molecular weight is 909 g/mol. The molecule has 18 heteroatoms. The zero-order valence-corrected chi connectivity index (χ0v) is 34.3. The van der Waals surface area contributed by atoms with Crippen molar-refractivity contribution in [2.45, 2.75) is 5.51 Å². The average Bonchev–Trinajstić information content (AvgIpc) is 3.29. The second kappa shape index (κ2) is 16.6. The van der Waals surface area contributed by atoms with E-state index in [1.807, 2.05) is 91.0 Å². The molecule has 2 aliphatic heterocycles. The zero-order valence-electron chi connectivity index (χ0n) is 32.5. The van der Waals surface area contributed by atoms with Gasteiger partial charge in [0.1, 0.15) is 0 Å². The van der Waals surface area contributed by atoms with Crippen molar-refractivity contribution in [1.82, 2.24) is 9.80 Å². The fourth-order valence-electron chi connectivity index (χ4n) is 8.04. The fourth-order valence-corrected chi connectivity index (χ4v) is 13.1. The molecular formula is C45H32F7N2O7PS. The second-order valence-corrected chi connectivity index (χ2v) is 20.0. The third-order valence-electron chi connectivity index (χ3n) is 11.0. The monoisotopic (exact) mass is 908 g/mol. The molecular weight excluding hydrogens is 877 g/mol. The fraction of sp³-hybridized carbons (Fsp3) is 0.133. The van der Waals surface area contributed by atoms with E-state index < -0.39 is 91.1 Å². The Morgan fingerprint density at radius 2 is 1.17 bits per heavy atom. The molecule has 0 saturated carbocycles. The van der Waals surface area contributed by atoms with Crippen molar-refractivity contribution >= 4 is 56.1 Å². The number of nitrogens with zero attached hydrogens (tertiary/aromatic N) is 2. The molecule has 3 aliphatic rings. The Morgan fingerprint density at radius 1 is 0.667 bits per heavy atom. The van der Waals surface area contributed by atoms with Crippen LogP contribution in [0.15, 0.2) is 137 Å². The number of alkyl halides is 3. The molecule has 0 atom stereocenters. The molecule has 0 aromatic heterocycles. The molecule has 0 radical (unpaired) electrons. The van der Waals surface area contributed by atoms with Gasteiger partial charge in [-0.3, -0.25) is 4.79 Å². The molecule has 0 N–H and O–H groups in total. The molecule has 9 nitrogen and oxygen atoms in total. The van der Waals surface area contributed by atoms with Gasteiger partial charge in [0.25, 0.3) is 5.43 Å². The molecule has 5 aromatic rings. The first-order valence-corrected chi connectivity index (χ1v) is 22.8. The first kappa shape index (κ1) is 43.1. The Bertz CT molecular complexity index is 2940. The van der Waals surface area contributed by atoms with E-state index in [2.05, 4.69) is 4.18 Å². The van der Waals surface area contributed by atoms with Crippen molar-refractivity contribution in [3.05, 3.63) is 166 Å². The number of carbonyl (C=O) groups excluding carboxylic acids is 2. The van der Waals surface area contributed by atoms with Crippen LogP contribution < -0.4 is 25.5 Å². The van der Waals surface area contributed by atoms with Crippen molar-refractivity contribution in [2.24, 2.45) is 0 Å². The van der Waals surface area contributed by atoms with Gasteiger partial charge in [-0.2, -0.15) is 30.4 Å². The summed E-state index contributed by atoms with van der Waals surface area (Å²) in [4.78, 5) is 44.3. The summed E-state index contributed by atoms with van der Waals surface area (Å²) in [5.41, 5.74) is -10.7. The summed E-state index contributed by atoms with van der Waals surface area (Å²) in [7, 11) is -9.63. The van der Waals surface area contributed by atoms with Crippen LogP contribution in [-0.4, -0.2) is 67.9 Å². The SMILES string of the molecule is O=C(C[PH](c1ccccc1)(c1ccccc1)c1ccccc1)N1CCN(C(=O)c2ccccc2-c2c3cc(F)c(=O)c(F)c-3oc3c(F)c(OS(=O)(=O)C(F)(F)F)c(F)cc23)CC1. The molecule has 63 heavy (non-hydrogen) atoms. The first-order valence-electron chi connectivity index (χ1n) is 19.1. The topological polar surface area (TPSA) is 114 Å². The van der Waals surface area contributed by atoms with E-state index in [4.69, 9.17) is 4.42 Å². The van der Waals surface area contributed by atoms with Crippen LogP contribution in [0.25, 0.3) is 33.4 Å². The molecule has 8 rings (SSSR count). The van der Waals surface area contributed by atoms with E-state index in [0.29, 0.717) is 12.1 Å². The van der Waals surface area contributed by atoms with Gasteiger partial charge in [0.2, 0.25) is 17.4 Å². The third-order valence-corrected chi connectivity index (χ3v) is 16.8. The van der Waals surface area contributed by atoms with Gasteiger partial charge in [0.05, 0.1) is 0 Å². The van der Waals surface area contributed by atoms with Gasteiger partial charge in [-0.1, -0.05) is 0 Å². The minimum absolute atomic E-state index is 0.0154. The van der Waals surface area contributed by atoms with Crippen LogP contribution in [0.1, 0.15) is 10.4 Å². The standard InChI is InChI=1S/C45H32F7N2O7PS/c46-34-24-32-37(33-25-35(47)43(61-63(58,59)45(50,51)52)39(49)42(33)60-41(32)38(48)40(34)56)30-18-10-11-19-31(30)44(57)54-22-20-53(21-23-54)36(55)26-62(27-12-4-1-5-13-27,28-14-6-2-7-15-28)29-16-8-3-9-17-29/h1-19,24-25,62H,20-23,26H2. The quantitative estimate of drug-likeness (QED) is 0.0489. The Hall–Kier alpha value is -6.58. The number of carbonyl (C=O) groups is 2. The number of rotatable bonds is 9. The van der Waals surface area contributed by atoms with Gasteiger partial charge in [-0.05, 0) is 0 Å². The van der Waals surface area contributed by atoms with Crippen LogP contribution in [0.4, 0.5) is 30.7 Å². The molecule has 1 aliphatic carbocycles. The molecule has 324 valence electrons. The van der Waals surface area contributed by atoms with E-state index in [-0.39, 0.29) is 49.4 Å². The van der Waals surface area contributed by atoms with Gasteiger partial charge < -0.3 is 8.60 Å². The molecule has 0 bridgehead atoms. The van der Waals surface area contributed by atoms with Gasteiger partial charge in [0, 0.05) is 0 Å². The number of amides is 2. The van der Waals surface area contributed by atoms with Crippen LogP contribution in [0.5, 0.6) is 5.75 Å². The number of benzene rings is 6. The summed E-state index contributed by atoms with van der Waals surface area (Å²) in [6.45, 7) is 0.242. The predicted molar refractivity (Wildman–Crippen MR) is 224 cm³/mol. The maximum atomic E-state index is 16.0. The van der Waals surface area contributed by atoms with E-state index in [0.717, 1.165) is 15.9 Å². The number of fused-ring (bicyclic) bond motifs is 2. The maximum absolute atomic E-state index is 16.0. The van der Waals surface area contributed by atoms with Crippen molar-refractivity contribution < 1.29 is 57.3 Å². The summed E-state index contributed by atoms with van der Waals surface area (Å²) in [5.74, 6) is -11.8. The Morgan fingerprint density at radius 3 is 1.71 bits per heavy atom. The molecule has 2 amide bonds. The van der Waals surface area contributed by atoms with E-state index in [1.165, 1.54) is 29.2 Å². The van der Waals surface area contributed by atoms with E-state index in [1.54, 1.807) is 4.90 Å². The Kier molecular flexibility index (Phi) is 11.4. The second-order valence-electron chi connectivity index (χ2n) is 14.6. The molecule has 5 aromatic carbocycles. The Balaban J connectivity index is 1.15. The third kappa shape index (κ3) is 7.69. The number of halogens is 7. The van der Waals surface area contributed by atoms with Crippen molar-refractivity contribution in [1.29, 1.82) is 0 Å². The van der Waals surface area contributed by atoms with E-state index in [9.17, 15) is 40.4 Å². The first-order chi connectivity index (χ1) is 30.0. The molecule has 1 fully saturated rings. The molecule has 0 spiro atoms. The number of piperazine rings is 1. The van der Waals surface area contributed by atoms with Gasteiger partial charge in [-0.25, -0.2) is 8.78 Å². The van der Waals surface area contributed by atoms with Crippen LogP contribution in [0.3, 0.4) is 0 Å².